The molecular weight excluding hydrogens is 274 g/mol. The molecule has 0 radical (unpaired) electrons. The minimum Gasteiger partial charge on any atom is -0.462 e. The van der Waals surface area contributed by atoms with E-state index in [4.69, 9.17) is 10.5 Å². The molecule has 2 fully saturated rings. The molecule has 0 aromatic rings. The Morgan fingerprint density at radius 2 is 2.05 bits per heavy atom. The number of thioether (sulfide) groups is 1. The molecule has 0 aromatic heterocycles. The van der Waals surface area contributed by atoms with E-state index in [2.05, 4.69) is 20.8 Å². The summed E-state index contributed by atoms with van der Waals surface area (Å²) in [5.74, 6) is 1.05. The highest BCUT2D eigenvalue weighted by molar-refractivity contribution is 7.99. The van der Waals surface area contributed by atoms with Gasteiger partial charge in [0.05, 0.1) is 12.2 Å². The van der Waals surface area contributed by atoms with Gasteiger partial charge in [-0.25, -0.2) is 0 Å². The maximum absolute atomic E-state index is 11.9. The summed E-state index contributed by atoms with van der Waals surface area (Å²) in [6.07, 6.45) is 3.83. The van der Waals surface area contributed by atoms with Gasteiger partial charge in [0.25, 0.3) is 0 Å². The molecular formula is C15H25NO3S. The topological polar surface area (TPSA) is 69.4 Å². The smallest absolute Gasteiger partial charge is 0.306 e. The van der Waals surface area contributed by atoms with Crippen LogP contribution in [0, 0.1) is 16.7 Å². The standard InChI is InChI=1S/C15H25NO3S/c1-14(2)10-4-6-15(14,3)11(8-10)19-13(18)5-7-20-9-12(16)17/h10-11H,4-9H2,1-3H3,(H2,16,17). The molecule has 0 aromatic carbocycles. The summed E-state index contributed by atoms with van der Waals surface area (Å²) in [4.78, 5) is 22.5. The monoisotopic (exact) mass is 299 g/mol. The Labute approximate surface area is 125 Å². The second-order valence-corrected chi connectivity index (χ2v) is 7.96. The lowest BCUT2D eigenvalue weighted by atomic mass is 9.70. The van der Waals surface area contributed by atoms with Crippen LogP contribution in [0.1, 0.15) is 46.5 Å². The Morgan fingerprint density at radius 1 is 1.35 bits per heavy atom. The fourth-order valence-corrected chi connectivity index (χ4v) is 4.51. The van der Waals surface area contributed by atoms with Crippen LogP contribution in [0.4, 0.5) is 0 Å². The van der Waals surface area contributed by atoms with Crippen molar-refractivity contribution in [2.45, 2.75) is 52.6 Å². The first kappa shape index (κ1) is 15.7. The third-order valence-corrected chi connectivity index (χ3v) is 6.66. The molecule has 0 heterocycles. The van der Waals surface area contributed by atoms with Crippen LogP contribution in [0.3, 0.4) is 0 Å². The number of hydrogen-bond acceptors (Lipinski definition) is 4. The van der Waals surface area contributed by atoms with E-state index in [0.717, 1.165) is 12.8 Å². The van der Waals surface area contributed by atoms with Crippen LogP contribution in [0.5, 0.6) is 0 Å². The first-order valence-corrected chi connectivity index (χ1v) is 8.48. The van der Waals surface area contributed by atoms with Crippen LogP contribution >= 0.6 is 11.8 Å². The first-order chi connectivity index (χ1) is 9.27. The minimum atomic E-state index is -0.342. The zero-order valence-corrected chi connectivity index (χ0v) is 13.4. The number of hydrogen-bond donors (Lipinski definition) is 1. The summed E-state index contributed by atoms with van der Waals surface area (Å²) in [6, 6.07) is 0. The zero-order chi connectivity index (χ0) is 15.0. The fraction of sp³-hybridized carbons (Fsp3) is 0.867. The van der Waals surface area contributed by atoms with E-state index >= 15 is 0 Å². The van der Waals surface area contributed by atoms with Crippen LogP contribution in [0.2, 0.25) is 0 Å². The molecule has 2 bridgehead atoms. The second-order valence-electron chi connectivity index (χ2n) is 6.86. The van der Waals surface area contributed by atoms with Crippen molar-refractivity contribution in [1.82, 2.24) is 0 Å². The quantitative estimate of drug-likeness (QED) is 0.604. The van der Waals surface area contributed by atoms with Gasteiger partial charge >= 0.3 is 5.97 Å². The molecule has 0 spiro atoms. The van der Waals surface area contributed by atoms with E-state index in [9.17, 15) is 9.59 Å². The van der Waals surface area contributed by atoms with Gasteiger partial charge in [-0.05, 0) is 30.6 Å². The van der Waals surface area contributed by atoms with Crippen molar-refractivity contribution < 1.29 is 14.3 Å². The van der Waals surface area contributed by atoms with Crippen molar-refractivity contribution >= 4 is 23.6 Å². The Morgan fingerprint density at radius 3 is 2.55 bits per heavy atom. The van der Waals surface area contributed by atoms with Crippen LogP contribution < -0.4 is 5.73 Å². The van der Waals surface area contributed by atoms with Gasteiger partial charge in [0, 0.05) is 11.2 Å². The van der Waals surface area contributed by atoms with E-state index in [1.54, 1.807) is 0 Å². The van der Waals surface area contributed by atoms with Crippen LogP contribution in [-0.4, -0.2) is 29.5 Å². The lowest BCUT2D eigenvalue weighted by Crippen LogP contribution is -2.38. The third-order valence-electron chi connectivity index (χ3n) is 5.68. The SMILES string of the molecule is CC1(C)C2CCC1(C)C(OC(=O)CCSCC(N)=O)C2. The number of carbonyl (C=O) groups excluding carboxylic acids is 2. The summed E-state index contributed by atoms with van der Waals surface area (Å²) in [5, 5.41) is 0. The highest BCUT2D eigenvalue weighted by atomic mass is 32.2. The lowest BCUT2D eigenvalue weighted by Gasteiger charge is -2.38. The normalized spacial score (nSPS) is 34.1. The van der Waals surface area contributed by atoms with Crippen LogP contribution in [0.25, 0.3) is 0 Å². The van der Waals surface area contributed by atoms with Gasteiger partial charge in [0.1, 0.15) is 6.10 Å². The van der Waals surface area contributed by atoms with Crippen molar-refractivity contribution in [3.05, 3.63) is 0 Å². The molecule has 2 aliphatic carbocycles. The predicted molar refractivity (Wildman–Crippen MR) is 80.2 cm³/mol. The van der Waals surface area contributed by atoms with E-state index in [-0.39, 0.29) is 34.6 Å². The average molecular weight is 299 g/mol. The minimum absolute atomic E-state index is 0.0601. The van der Waals surface area contributed by atoms with Gasteiger partial charge in [0.15, 0.2) is 0 Å². The fourth-order valence-electron chi connectivity index (χ4n) is 3.85. The largest absolute Gasteiger partial charge is 0.462 e. The Hall–Kier alpha value is -0.710. The second kappa shape index (κ2) is 5.58. The highest BCUT2D eigenvalue weighted by Crippen LogP contribution is 2.66. The number of rotatable bonds is 6. The summed E-state index contributed by atoms with van der Waals surface area (Å²) >= 11 is 1.39. The van der Waals surface area contributed by atoms with Gasteiger partial charge in [-0.3, -0.25) is 9.59 Å². The van der Waals surface area contributed by atoms with Gasteiger partial charge in [0.2, 0.25) is 5.91 Å². The highest BCUT2D eigenvalue weighted by Gasteiger charge is 2.62. The average Bonchev–Trinajstić information content (AvgIpc) is 2.67. The van der Waals surface area contributed by atoms with Crippen molar-refractivity contribution in [3.63, 3.8) is 0 Å². The van der Waals surface area contributed by atoms with E-state index in [1.165, 1.54) is 18.2 Å². The molecule has 2 N–H and O–H groups in total. The van der Waals surface area contributed by atoms with Crippen molar-refractivity contribution in [1.29, 1.82) is 0 Å². The molecule has 114 valence electrons. The van der Waals surface area contributed by atoms with Crippen LogP contribution in [0.15, 0.2) is 0 Å². The van der Waals surface area contributed by atoms with Crippen LogP contribution in [-0.2, 0) is 14.3 Å². The number of fused-ring (bicyclic) bond motifs is 2. The van der Waals surface area contributed by atoms with Crippen molar-refractivity contribution in [2.24, 2.45) is 22.5 Å². The summed E-state index contributed by atoms with van der Waals surface area (Å²) < 4.78 is 5.72. The molecule has 2 aliphatic rings. The number of esters is 1. The van der Waals surface area contributed by atoms with E-state index in [1.807, 2.05) is 0 Å². The Kier molecular flexibility index (Phi) is 4.38. The van der Waals surface area contributed by atoms with Gasteiger partial charge < -0.3 is 10.5 Å². The number of ether oxygens (including phenoxy) is 1. The Balaban J connectivity index is 1.80. The zero-order valence-electron chi connectivity index (χ0n) is 12.6. The van der Waals surface area contributed by atoms with Crippen molar-refractivity contribution in [2.75, 3.05) is 11.5 Å². The summed E-state index contributed by atoms with van der Waals surface area (Å²) in [5.41, 5.74) is 5.44. The van der Waals surface area contributed by atoms with Gasteiger partial charge in [-0.15, -0.1) is 0 Å². The summed E-state index contributed by atoms with van der Waals surface area (Å²) in [7, 11) is 0. The molecule has 3 unspecified atom stereocenters. The number of amides is 1. The lowest BCUT2D eigenvalue weighted by molar-refractivity contribution is -0.156. The number of carbonyl (C=O) groups is 2. The maximum atomic E-state index is 11.9. The number of nitrogens with two attached hydrogens (primary N) is 1. The molecule has 2 saturated carbocycles. The molecule has 0 saturated heterocycles. The molecule has 4 nitrogen and oxygen atoms in total. The molecule has 20 heavy (non-hydrogen) atoms. The van der Waals surface area contributed by atoms with E-state index < -0.39 is 0 Å². The van der Waals surface area contributed by atoms with Crippen molar-refractivity contribution in [3.8, 4) is 0 Å². The third kappa shape index (κ3) is 2.69. The van der Waals surface area contributed by atoms with E-state index in [0.29, 0.717) is 18.1 Å². The number of primary amides is 1. The Bertz CT molecular complexity index is 410. The molecule has 5 heteroatoms. The molecule has 1 amide bonds. The van der Waals surface area contributed by atoms with Gasteiger partial charge in [-0.2, -0.15) is 11.8 Å². The molecule has 0 aliphatic heterocycles. The molecule has 2 rings (SSSR count). The van der Waals surface area contributed by atoms with Gasteiger partial charge in [-0.1, -0.05) is 20.8 Å². The first-order valence-electron chi connectivity index (χ1n) is 7.33. The molecule has 3 atom stereocenters. The predicted octanol–water partition coefficient (Wildman–Crippen LogP) is 2.35. The maximum Gasteiger partial charge on any atom is 0.306 e. The summed E-state index contributed by atoms with van der Waals surface area (Å²) in [6.45, 7) is 6.88.